The minimum absolute atomic E-state index is 0.294. The predicted molar refractivity (Wildman–Crippen MR) is 88.8 cm³/mol. The lowest BCUT2D eigenvalue weighted by Gasteiger charge is -2.24. The van der Waals surface area contributed by atoms with E-state index >= 15 is 0 Å². The van der Waals surface area contributed by atoms with Gasteiger partial charge < -0.3 is 9.73 Å². The summed E-state index contributed by atoms with van der Waals surface area (Å²) in [6.45, 7) is 9.48. The van der Waals surface area contributed by atoms with E-state index in [0.717, 1.165) is 23.9 Å². The lowest BCUT2D eigenvalue weighted by atomic mass is 10.0. The van der Waals surface area contributed by atoms with Crippen LogP contribution in [-0.4, -0.2) is 16.8 Å². The van der Waals surface area contributed by atoms with Crippen LogP contribution in [0.25, 0.3) is 0 Å². The highest BCUT2D eigenvalue weighted by Crippen LogP contribution is 2.31. The number of hydrogen-bond donors (Lipinski definition) is 1. The zero-order valence-corrected chi connectivity index (χ0v) is 14.0. The van der Waals surface area contributed by atoms with Crippen LogP contribution >= 0.6 is 11.8 Å². The average Bonchev–Trinajstić information content (AvgIpc) is 2.86. The normalized spacial score (nSPS) is 14.1. The Morgan fingerprint density at radius 2 is 1.95 bits per heavy atom. The van der Waals surface area contributed by atoms with Crippen molar-refractivity contribution in [3.63, 3.8) is 0 Å². The lowest BCUT2D eigenvalue weighted by molar-refractivity contribution is 0.449. The Kier molecular flexibility index (Phi) is 5.88. The van der Waals surface area contributed by atoms with Gasteiger partial charge in [-0.15, -0.1) is 0 Å². The summed E-state index contributed by atoms with van der Waals surface area (Å²) in [6, 6.07) is 9.05. The molecule has 2 atom stereocenters. The van der Waals surface area contributed by atoms with Crippen LogP contribution in [-0.2, 0) is 0 Å². The third-order valence-corrected chi connectivity index (χ3v) is 4.44. The third-order valence-electron chi connectivity index (χ3n) is 3.40. The standard InChI is InChI=1S/C17H24N2OS/c1-5-10-18-16(15-8-6-12(2)7-9-15)14(4)21-17-19-13(3)11-20-17/h6-9,11,14,16,18H,5,10H2,1-4H3. The highest BCUT2D eigenvalue weighted by Gasteiger charge is 2.21. The predicted octanol–water partition coefficient (Wildman–Crippen LogP) is 4.51. The van der Waals surface area contributed by atoms with E-state index in [-0.39, 0.29) is 0 Å². The van der Waals surface area contributed by atoms with Crippen molar-refractivity contribution in [2.45, 2.75) is 50.6 Å². The molecule has 0 saturated carbocycles. The number of oxazole rings is 1. The highest BCUT2D eigenvalue weighted by molar-refractivity contribution is 7.99. The Hall–Kier alpha value is -1.26. The minimum atomic E-state index is 0.294. The van der Waals surface area contributed by atoms with Gasteiger partial charge in [0.05, 0.1) is 5.69 Å². The molecule has 0 aliphatic carbocycles. The third kappa shape index (κ3) is 4.61. The van der Waals surface area contributed by atoms with Gasteiger partial charge in [-0.25, -0.2) is 4.98 Å². The number of aryl methyl sites for hydroxylation is 2. The number of benzene rings is 1. The summed E-state index contributed by atoms with van der Waals surface area (Å²) in [5.41, 5.74) is 3.53. The fourth-order valence-corrected chi connectivity index (χ4v) is 3.25. The zero-order valence-electron chi connectivity index (χ0n) is 13.2. The molecular weight excluding hydrogens is 280 g/mol. The van der Waals surface area contributed by atoms with E-state index in [4.69, 9.17) is 4.42 Å². The van der Waals surface area contributed by atoms with Gasteiger partial charge >= 0.3 is 0 Å². The first-order valence-corrected chi connectivity index (χ1v) is 8.37. The number of nitrogens with one attached hydrogen (secondary N) is 1. The number of hydrogen-bond acceptors (Lipinski definition) is 4. The molecule has 1 aromatic carbocycles. The van der Waals surface area contributed by atoms with Crippen LogP contribution in [0, 0.1) is 13.8 Å². The Morgan fingerprint density at radius 3 is 2.52 bits per heavy atom. The van der Waals surface area contributed by atoms with E-state index in [0.29, 0.717) is 11.3 Å². The van der Waals surface area contributed by atoms with Crippen LogP contribution in [0.15, 0.2) is 40.2 Å². The molecule has 0 fully saturated rings. The zero-order chi connectivity index (χ0) is 15.2. The van der Waals surface area contributed by atoms with E-state index in [2.05, 4.69) is 55.3 Å². The Morgan fingerprint density at radius 1 is 1.24 bits per heavy atom. The molecule has 0 aliphatic rings. The van der Waals surface area contributed by atoms with Crippen LogP contribution in [0.3, 0.4) is 0 Å². The van der Waals surface area contributed by atoms with Gasteiger partial charge in [0.25, 0.3) is 5.22 Å². The second-order valence-electron chi connectivity index (χ2n) is 5.42. The van der Waals surface area contributed by atoms with Gasteiger partial charge in [-0.1, -0.05) is 55.4 Å². The quantitative estimate of drug-likeness (QED) is 0.764. The van der Waals surface area contributed by atoms with E-state index in [1.54, 1.807) is 18.0 Å². The van der Waals surface area contributed by atoms with Gasteiger partial charge in [-0.2, -0.15) is 0 Å². The molecule has 0 bridgehead atoms. The van der Waals surface area contributed by atoms with Crippen LogP contribution < -0.4 is 5.32 Å². The molecule has 2 aromatic rings. The lowest BCUT2D eigenvalue weighted by Crippen LogP contribution is -2.29. The Bertz CT molecular complexity index is 550. The van der Waals surface area contributed by atoms with Crippen molar-refractivity contribution in [2.75, 3.05) is 6.54 Å². The Balaban J connectivity index is 2.12. The highest BCUT2D eigenvalue weighted by atomic mass is 32.2. The SMILES string of the molecule is CCCNC(c1ccc(C)cc1)C(C)Sc1nc(C)co1. The summed E-state index contributed by atoms with van der Waals surface area (Å²) in [6.07, 6.45) is 2.83. The van der Waals surface area contributed by atoms with Gasteiger partial charge in [0.15, 0.2) is 0 Å². The van der Waals surface area contributed by atoms with Crippen molar-refractivity contribution in [1.29, 1.82) is 0 Å². The molecule has 2 unspecified atom stereocenters. The number of nitrogens with zero attached hydrogens (tertiary/aromatic N) is 1. The molecule has 21 heavy (non-hydrogen) atoms. The number of rotatable bonds is 7. The van der Waals surface area contributed by atoms with Crippen molar-refractivity contribution >= 4 is 11.8 Å². The molecule has 114 valence electrons. The van der Waals surface area contributed by atoms with E-state index in [9.17, 15) is 0 Å². The Labute approximate surface area is 131 Å². The van der Waals surface area contributed by atoms with Gasteiger partial charge in [-0.05, 0) is 32.4 Å². The largest absolute Gasteiger partial charge is 0.440 e. The molecule has 0 amide bonds. The van der Waals surface area contributed by atoms with Crippen LogP contribution in [0.5, 0.6) is 0 Å². The molecule has 0 radical (unpaired) electrons. The molecule has 4 heteroatoms. The average molecular weight is 304 g/mol. The molecular formula is C17H24N2OS. The summed E-state index contributed by atoms with van der Waals surface area (Å²) in [4.78, 5) is 4.39. The molecule has 1 aromatic heterocycles. The van der Waals surface area contributed by atoms with Gasteiger partial charge in [-0.3, -0.25) is 0 Å². The van der Waals surface area contributed by atoms with E-state index in [1.165, 1.54) is 11.1 Å². The second kappa shape index (κ2) is 7.66. The summed E-state index contributed by atoms with van der Waals surface area (Å²) < 4.78 is 5.47. The first-order valence-electron chi connectivity index (χ1n) is 7.49. The molecule has 0 spiro atoms. The molecule has 3 nitrogen and oxygen atoms in total. The molecule has 0 saturated heterocycles. The summed E-state index contributed by atoms with van der Waals surface area (Å²) >= 11 is 1.68. The molecule has 2 rings (SSSR count). The first-order chi connectivity index (χ1) is 10.1. The fourth-order valence-electron chi connectivity index (χ4n) is 2.24. The minimum Gasteiger partial charge on any atom is -0.440 e. The summed E-state index contributed by atoms with van der Waals surface area (Å²) in [5, 5.41) is 4.73. The second-order valence-corrected chi connectivity index (χ2v) is 6.75. The molecule has 1 heterocycles. The van der Waals surface area contributed by atoms with Crippen LogP contribution in [0.2, 0.25) is 0 Å². The van der Waals surface area contributed by atoms with Crippen molar-refractivity contribution in [1.82, 2.24) is 10.3 Å². The first kappa shape index (κ1) is 16.1. The fraction of sp³-hybridized carbons (Fsp3) is 0.471. The molecule has 1 N–H and O–H groups in total. The molecule has 0 aliphatic heterocycles. The maximum Gasteiger partial charge on any atom is 0.256 e. The van der Waals surface area contributed by atoms with Gasteiger partial charge in [0.1, 0.15) is 6.26 Å². The van der Waals surface area contributed by atoms with Crippen molar-refractivity contribution < 1.29 is 4.42 Å². The van der Waals surface area contributed by atoms with E-state index in [1.807, 2.05) is 6.92 Å². The topological polar surface area (TPSA) is 38.1 Å². The van der Waals surface area contributed by atoms with Gasteiger partial charge in [0, 0.05) is 11.3 Å². The van der Waals surface area contributed by atoms with Crippen LogP contribution in [0.1, 0.15) is 43.1 Å². The van der Waals surface area contributed by atoms with Crippen molar-refractivity contribution in [2.24, 2.45) is 0 Å². The number of aromatic nitrogens is 1. The summed E-state index contributed by atoms with van der Waals surface area (Å²) in [5.74, 6) is 0. The van der Waals surface area contributed by atoms with Crippen molar-refractivity contribution in [3.8, 4) is 0 Å². The number of thioether (sulfide) groups is 1. The van der Waals surface area contributed by atoms with Crippen molar-refractivity contribution in [3.05, 3.63) is 47.3 Å². The monoisotopic (exact) mass is 304 g/mol. The summed E-state index contributed by atoms with van der Waals surface area (Å²) in [7, 11) is 0. The van der Waals surface area contributed by atoms with Crippen LogP contribution in [0.4, 0.5) is 0 Å². The van der Waals surface area contributed by atoms with E-state index < -0.39 is 0 Å². The van der Waals surface area contributed by atoms with Gasteiger partial charge in [0.2, 0.25) is 0 Å². The maximum atomic E-state index is 5.47. The maximum absolute atomic E-state index is 5.47. The smallest absolute Gasteiger partial charge is 0.256 e.